The SMILES string of the molecule is CC(C)(C)c1ccc([C@@H]2/C(=C(\O)c3ccc4c(c3)OCCO4)C(=O)C(=O)N2CCc2ccccc2)cc1. The molecule has 0 aromatic heterocycles. The van der Waals surface area contributed by atoms with Gasteiger partial charge < -0.3 is 19.5 Å². The number of nitrogens with zero attached hydrogens (tertiary/aromatic N) is 1. The van der Waals surface area contributed by atoms with Crippen LogP contribution < -0.4 is 9.47 Å². The number of rotatable bonds is 5. The van der Waals surface area contributed by atoms with Gasteiger partial charge in [-0.25, -0.2) is 0 Å². The number of hydrogen-bond donors (Lipinski definition) is 1. The van der Waals surface area contributed by atoms with Gasteiger partial charge in [0.05, 0.1) is 11.6 Å². The predicted molar refractivity (Wildman–Crippen MR) is 142 cm³/mol. The molecule has 6 nitrogen and oxygen atoms in total. The Labute approximate surface area is 217 Å². The van der Waals surface area contributed by atoms with Crippen LogP contribution in [0.1, 0.15) is 49.1 Å². The Morgan fingerprint density at radius 2 is 1.59 bits per heavy atom. The van der Waals surface area contributed by atoms with Crippen molar-refractivity contribution in [3.05, 3.63) is 101 Å². The number of ketones is 1. The van der Waals surface area contributed by atoms with Gasteiger partial charge in [0.1, 0.15) is 19.0 Å². The molecule has 0 bridgehead atoms. The van der Waals surface area contributed by atoms with Gasteiger partial charge in [-0.1, -0.05) is 75.4 Å². The summed E-state index contributed by atoms with van der Waals surface area (Å²) in [7, 11) is 0. The van der Waals surface area contributed by atoms with E-state index in [9.17, 15) is 14.7 Å². The standard InChI is InChI=1S/C31H31NO5/c1-31(2,3)23-12-9-21(10-13-23)27-26(28(33)22-11-14-24-25(19-22)37-18-17-36-24)29(34)30(35)32(27)16-15-20-7-5-4-6-8-20/h4-14,19,27,33H,15-18H2,1-3H3/b28-26+/t27-/m1/s1. The molecule has 6 heteroatoms. The molecule has 1 atom stereocenters. The minimum Gasteiger partial charge on any atom is -0.507 e. The summed E-state index contributed by atoms with van der Waals surface area (Å²) in [6, 6.07) is 22.1. The number of likely N-dealkylation sites (tertiary alicyclic amines) is 1. The number of carbonyl (C=O) groups is 2. The number of hydrogen-bond acceptors (Lipinski definition) is 5. The zero-order valence-corrected chi connectivity index (χ0v) is 21.4. The second-order valence-electron chi connectivity index (χ2n) is 10.5. The van der Waals surface area contributed by atoms with E-state index in [1.54, 1.807) is 23.1 Å². The molecule has 37 heavy (non-hydrogen) atoms. The van der Waals surface area contributed by atoms with Gasteiger partial charge in [-0.2, -0.15) is 0 Å². The molecule has 1 N–H and O–H groups in total. The Hall–Kier alpha value is -4.06. The average Bonchev–Trinajstić information content (AvgIpc) is 3.16. The quantitative estimate of drug-likeness (QED) is 0.289. The lowest BCUT2D eigenvalue weighted by molar-refractivity contribution is -0.139. The maximum Gasteiger partial charge on any atom is 0.295 e. The molecule has 3 aromatic rings. The monoisotopic (exact) mass is 497 g/mol. The summed E-state index contributed by atoms with van der Waals surface area (Å²) in [5.41, 5.74) is 3.43. The first-order chi connectivity index (χ1) is 17.7. The van der Waals surface area contributed by atoms with Crippen LogP contribution in [0.2, 0.25) is 0 Å². The van der Waals surface area contributed by atoms with E-state index in [-0.39, 0.29) is 16.7 Å². The zero-order chi connectivity index (χ0) is 26.2. The van der Waals surface area contributed by atoms with Gasteiger partial charge in [-0.3, -0.25) is 9.59 Å². The van der Waals surface area contributed by atoms with E-state index < -0.39 is 17.7 Å². The van der Waals surface area contributed by atoms with E-state index in [1.165, 1.54) is 0 Å². The van der Waals surface area contributed by atoms with Crippen molar-refractivity contribution in [2.75, 3.05) is 19.8 Å². The number of amides is 1. The zero-order valence-electron chi connectivity index (χ0n) is 21.4. The lowest BCUT2D eigenvalue weighted by Crippen LogP contribution is -2.31. The molecule has 0 unspecified atom stereocenters. The molecule has 1 fully saturated rings. The van der Waals surface area contributed by atoms with Crippen molar-refractivity contribution in [3.63, 3.8) is 0 Å². The van der Waals surface area contributed by atoms with Crippen molar-refractivity contribution in [2.24, 2.45) is 0 Å². The van der Waals surface area contributed by atoms with Crippen molar-refractivity contribution in [2.45, 2.75) is 38.6 Å². The Kier molecular flexibility index (Phi) is 6.50. The molecule has 0 radical (unpaired) electrons. The van der Waals surface area contributed by atoms with Crippen molar-refractivity contribution in [1.29, 1.82) is 0 Å². The number of aliphatic hydroxyl groups excluding tert-OH is 1. The normalized spacial score (nSPS) is 18.8. The Morgan fingerprint density at radius 1 is 0.919 bits per heavy atom. The lowest BCUT2D eigenvalue weighted by Gasteiger charge is -2.27. The summed E-state index contributed by atoms with van der Waals surface area (Å²) in [4.78, 5) is 28.3. The molecule has 2 heterocycles. The molecular formula is C31H31NO5. The molecule has 0 aliphatic carbocycles. The highest BCUT2D eigenvalue weighted by Crippen LogP contribution is 2.41. The van der Waals surface area contributed by atoms with Crippen LogP contribution in [0.3, 0.4) is 0 Å². The van der Waals surface area contributed by atoms with Crippen LogP contribution in [0, 0.1) is 0 Å². The molecule has 0 spiro atoms. The highest BCUT2D eigenvalue weighted by Gasteiger charge is 2.46. The fraction of sp³-hybridized carbons (Fsp3) is 0.290. The van der Waals surface area contributed by atoms with Gasteiger partial charge in [0.25, 0.3) is 11.7 Å². The van der Waals surface area contributed by atoms with E-state index >= 15 is 0 Å². The Morgan fingerprint density at radius 3 is 2.27 bits per heavy atom. The van der Waals surface area contributed by atoms with Crippen LogP contribution in [0.15, 0.2) is 78.4 Å². The van der Waals surface area contributed by atoms with Gasteiger partial charge in [-0.15, -0.1) is 0 Å². The second-order valence-corrected chi connectivity index (χ2v) is 10.5. The maximum absolute atomic E-state index is 13.4. The first-order valence-corrected chi connectivity index (χ1v) is 12.6. The fourth-order valence-corrected chi connectivity index (χ4v) is 4.86. The van der Waals surface area contributed by atoms with Crippen LogP contribution >= 0.6 is 0 Å². The highest BCUT2D eigenvalue weighted by molar-refractivity contribution is 6.46. The number of ether oxygens (including phenoxy) is 2. The predicted octanol–water partition coefficient (Wildman–Crippen LogP) is 5.42. The second kappa shape index (κ2) is 9.77. The van der Waals surface area contributed by atoms with Crippen molar-refractivity contribution < 1.29 is 24.2 Å². The summed E-state index contributed by atoms with van der Waals surface area (Å²) in [5.74, 6) is -0.437. The van der Waals surface area contributed by atoms with Crippen molar-refractivity contribution in [1.82, 2.24) is 4.90 Å². The number of aliphatic hydroxyl groups is 1. The fourth-order valence-electron chi connectivity index (χ4n) is 4.86. The molecule has 1 saturated heterocycles. The molecular weight excluding hydrogens is 466 g/mol. The Bertz CT molecular complexity index is 1350. The van der Waals surface area contributed by atoms with Crippen LogP contribution in [-0.2, 0) is 21.4 Å². The number of carbonyl (C=O) groups excluding carboxylic acids is 2. The smallest absolute Gasteiger partial charge is 0.295 e. The first kappa shape index (κ1) is 24.6. The third-order valence-corrected chi connectivity index (χ3v) is 6.93. The summed E-state index contributed by atoms with van der Waals surface area (Å²) >= 11 is 0. The largest absolute Gasteiger partial charge is 0.507 e. The van der Waals surface area contributed by atoms with Crippen LogP contribution in [-0.4, -0.2) is 41.5 Å². The molecule has 190 valence electrons. The minimum atomic E-state index is -0.703. The number of fused-ring (bicyclic) bond motifs is 1. The number of Topliss-reactive ketones (excluding diaryl/α,β-unsaturated/α-hetero) is 1. The summed E-state index contributed by atoms with van der Waals surface area (Å²) in [5, 5.41) is 11.4. The van der Waals surface area contributed by atoms with E-state index in [2.05, 4.69) is 20.8 Å². The summed E-state index contributed by atoms with van der Waals surface area (Å²) in [6.07, 6.45) is 0.592. The molecule has 2 aliphatic heterocycles. The maximum atomic E-state index is 13.4. The van der Waals surface area contributed by atoms with Crippen molar-refractivity contribution in [3.8, 4) is 11.5 Å². The van der Waals surface area contributed by atoms with Crippen LogP contribution in [0.4, 0.5) is 0 Å². The molecule has 5 rings (SSSR count). The van der Waals surface area contributed by atoms with Crippen LogP contribution in [0.5, 0.6) is 11.5 Å². The average molecular weight is 498 g/mol. The molecule has 1 amide bonds. The van der Waals surface area contributed by atoms with Crippen molar-refractivity contribution >= 4 is 17.4 Å². The summed E-state index contributed by atoms with van der Waals surface area (Å²) in [6.45, 7) is 7.61. The Balaban J connectivity index is 1.58. The van der Waals surface area contributed by atoms with E-state index in [4.69, 9.17) is 9.47 Å². The van der Waals surface area contributed by atoms with E-state index in [0.717, 1.165) is 16.7 Å². The lowest BCUT2D eigenvalue weighted by atomic mass is 9.85. The molecule has 2 aliphatic rings. The third kappa shape index (κ3) is 4.84. The number of benzene rings is 3. The minimum absolute atomic E-state index is 0.0428. The molecule has 3 aromatic carbocycles. The van der Waals surface area contributed by atoms with Crippen LogP contribution in [0.25, 0.3) is 5.76 Å². The van der Waals surface area contributed by atoms with Gasteiger partial charge in [0, 0.05) is 12.1 Å². The van der Waals surface area contributed by atoms with E-state index in [1.807, 2.05) is 54.6 Å². The van der Waals surface area contributed by atoms with Gasteiger partial charge >= 0.3 is 0 Å². The summed E-state index contributed by atoms with van der Waals surface area (Å²) < 4.78 is 11.3. The molecule has 0 saturated carbocycles. The van der Waals surface area contributed by atoms with Gasteiger partial charge in [0.15, 0.2) is 11.5 Å². The topological polar surface area (TPSA) is 76.1 Å². The van der Waals surface area contributed by atoms with Gasteiger partial charge in [0.2, 0.25) is 0 Å². The van der Waals surface area contributed by atoms with E-state index in [0.29, 0.717) is 43.2 Å². The third-order valence-electron chi connectivity index (χ3n) is 6.93. The highest BCUT2D eigenvalue weighted by atomic mass is 16.6. The first-order valence-electron chi connectivity index (χ1n) is 12.6. The van der Waals surface area contributed by atoms with Gasteiger partial charge in [-0.05, 0) is 46.7 Å².